The lowest BCUT2D eigenvalue weighted by Gasteiger charge is -2.31. The molecule has 0 spiro atoms. The van der Waals surface area contributed by atoms with Crippen molar-refractivity contribution >= 4 is 11.5 Å². The summed E-state index contributed by atoms with van der Waals surface area (Å²) < 4.78 is 0. The first-order valence-corrected chi connectivity index (χ1v) is 7.41. The Morgan fingerprint density at radius 1 is 1.32 bits per heavy atom. The zero-order valence-corrected chi connectivity index (χ0v) is 11.9. The highest BCUT2D eigenvalue weighted by Gasteiger charge is 2.17. The summed E-state index contributed by atoms with van der Waals surface area (Å²) in [6.45, 7) is 2.13. The van der Waals surface area contributed by atoms with Gasteiger partial charge in [-0.3, -0.25) is 0 Å². The van der Waals surface area contributed by atoms with Gasteiger partial charge in [-0.05, 0) is 45.0 Å². The molecule has 0 radical (unpaired) electrons. The van der Waals surface area contributed by atoms with Gasteiger partial charge >= 0.3 is 0 Å². The first-order valence-electron chi connectivity index (χ1n) is 7.41. The molecule has 2 rings (SSSR count). The number of rotatable bonds is 6. The lowest BCUT2D eigenvalue weighted by Crippen LogP contribution is -2.34. The summed E-state index contributed by atoms with van der Waals surface area (Å²) in [7, 11) is 2.26. The molecule has 1 aromatic rings. The van der Waals surface area contributed by atoms with E-state index in [1.807, 2.05) is 12.1 Å². The van der Waals surface area contributed by atoms with E-state index in [9.17, 15) is 0 Å². The molecule has 3 N–H and O–H groups in total. The molecule has 0 saturated heterocycles. The molecule has 1 heterocycles. The normalized spacial score (nSPS) is 16.7. The van der Waals surface area contributed by atoms with Gasteiger partial charge in [0.25, 0.3) is 0 Å². The molecule has 0 bridgehead atoms. The van der Waals surface area contributed by atoms with Gasteiger partial charge in [0, 0.05) is 12.6 Å². The Kier molecular flexibility index (Phi) is 5.45. The molecular formula is C15H26N4. The minimum Gasteiger partial charge on any atom is -0.397 e. The minimum absolute atomic E-state index is 0.711. The van der Waals surface area contributed by atoms with Crippen molar-refractivity contribution in [3.05, 3.63) is 18.3 Å². The Balaban J connectivity index is 1.62. The van der Waals surface area contributed by atoms with Gasteiger partial charge in [0.15, 0.2) is 0 Å². The van der Waals surface area contributed by atoms with Gasteiger partial charge in [0.2, 0.25) is 0 Å². The Morgan fingerprint density at radius 2 is 2.11 bits per heavy atom. The number of aromatic nitrogens is 1. The largest absolute Gasteiger partial charge is 0.397 e. The minimum atomic E-state index is 0.711. The number of anilines is 2. The van der Waals surface area contributed by atoms with Gasteiger partial charge in [-0.1, -0.05) is 19.3 Å². The number of nitrogens with two attached hydrogens (primary N) is 1. The topological polar surface area (TPSA) is 54.2 Å². The third-order valence-electron chi connectivity index (χ3n) is 3.98. The molecule has 4 heteroatoms. The molecule has 19 heavy (non-hydrogen) atoms. The standard InChI is InChI=1S/C15H26N4/c1-19(14-6-3-2-4-7-14)11-5-10-17-15-9-8-13(16)12-18-15/h8-9,12,14H,2-7,10-11,16H2,1H3,(H,17,18). The Morgan fingerprint density at radius 3 is 2.79 bits per heavy atom. The fourth-order valence-electron chi connectivity index (χ4n) is 2.76. The van der Waals surface area contributed by atoms with E-state index in [2.05, 4.69) is 22.2 Å². The van der Waals surface area contributed by atoms with Crippen molar-refractivity contribution in [1.29, 1.82) is 0 Å². The maximum absolute atomic E-state index is 5.61. The average Bonchev–Trinajstić information content (AvgIpc) is 2.46. The van der Waals surface area contributed by atoms with E-state index in [-0.39, 0.29) is 0 Å². The van der Waals surface area contributed by atoms with Crippen molar-refractivity contribution in [3.63, 3.8) is 0 Å². The van der Waals surface area contributed by atoms with Crippen LogP contribution in [0.15, 0.2) is 18.3 Å². The van der Waals surface area contributed by atoms with Crippen LogP contribution in [0.1, 0.15) is 38.5 Å². The first kappa shape index (κ1) is 14.1. The van der Waals surface area contributed by atoms with Crippen molar-refractivity contribution in [2.24, 2.45) is 0 Å². The van der Waals surface area contributed by atoms with Crippen molar-refractivity contribution in [2.45, 2.75) is 44.6 Å². The van der Waals surface area contributed by atoms with Crippen LogP contribution in [0, 0.1) is 0 Å². The van der Waals surface area contributed by atoms with Crippen molar-refractivity contribution < 1.29 is 0 Å². The average molecular weight is 262 g/mol. The smallest absolute Gasteiger partial charge is 0.126 e. The SMILES string of the molecule is CN(CCCNc1ccc(N)cn1)C1CCCCC1. The van der Waals surface area contributed by atoms with Crippen molar-refractivity contribution in [3.8, 4) is 0 Å². The Hall–Kier alpha value is -1.29. The van der Waals surface area contributed by atoms with Crippen LogP contribution in [0.3, 0.4) is 0 Å². The van der Waals surface area contributed by atoms with E-state index in [0.29, 0.717) is 5.69 Å². The van der Waals surface area contributed by atoms with Gasteiger partial charge in [-0.25, -0.2) is 4.98 Å². The fourth-order valence-corrected chi connectivity index (χ4v) is 2.76. The third kappa shape index (κ3) is 4.71. The molecule has 4 nitrogen and oxygen atoms in total. The van der Waals surface area contributed by atoms with E-state index >= 15 is 0 Å². The van der Waals surface area contributed by atoms with Gasteiger partial charge in [-0.15, -0.1) is 0 Å². The van der Waals surface area contributed by atoms with E-state index < -0.39 is 0 Å². The molecule has 0 amide bonds. The summed E-state index contributed by atoms with van der Waals surface area (Å²) in [5.41, 5.74) is 6.32. The zero-order chi connectivity index (χ0) is 13.5. The highest BCUT2D eigenvalue weighted by atomic mass is 15.1. The van der Waals surface area contributed by atoms with Gasteiger partial charge in [0.1, 0.15) is 5.82 Å². The van der Waals surface area contributed by atoms with E-state index in [0.717, 1.165) is 31.4 Å². The number of nitrogen functional groups attached to an aromatic ring is 1. The van der Waals surface area contributed by atoms with Crippen LogP contribution >= 0.6 is 0 Å². The molecular weight excluding hydrogens is 236 g/mol. The molecule has 0 atom stereocenters. The van der Waals surface area contributed by atoms with Crippen LogP contribution in [-0.2, 0) is 0 Å². The molecule has 1 aliphatic rings. The summed E-state index contributed by atoms with van der Waals surface area (Å²) in [6.07, 6.45) is 9.84. The quantitative estimate of drug-likeness (QED) is 0.774. The zero-order valence-electron chi connectivity index (χ0n) is 11.9. The van der Waals surface area contributed by atoms with E-state index in [4.69, 9.17) is 5.73 Å². The summed E-state index contributed by atoms with van der Waals surface area (Å²) in [4.78, 5) is 6.76. The Bertz CT molecular complexity index is 357. The van der Waals surface area contributed by atoms with E-state index in [1.54, 1.807) is 6.20 Å². The lowest BCUT2D eigenvalue weighted by atomic mass is 9.94. The van der Waals surface area contributed by atoms with Gasteiger partial charge < -0.3 is 16.0 Å². The van der Waals surface area contributed by atoms with Crippen molar-refractivity contribution in [1.82, 2.24) is 9.88 Å². The van der Waals surface area contributed by atoms with Gasteiger partial charge in [0.05, 0.1) is 11.9 Å². The maximum atomic E-state index is 5.61. The number of hydrogen-bond donors (Lipinski definition) is 2. The van der Waals surface area contributed by atoms with Crippen LogP contribution in [0.5, 0.6) is 0 Å². The van der Waals surface area contributed by atoms with Crippen LogP contribution in [0.4, 0.5) is 11.5 Å². The Labute approximate surface area is 116 Å². The molecule has 1 aliphatic carbocycles. The molecule has 0 unspecified atom stereocenters. The van der Waals surface area contributed by atoms with Crippen LogP contribution in [-0.4, -0.2) is 36.1 Å². The van der Waals surface area contributed by atoms with Crippen LogP contribution in [0.25, 0.3) is 0 Å². The second kappa shape index (κ2) is 7.34. The second-order valence-electron chi connectivity index (χ2n) is 5.53. The molecule has 1 saturated carbocycles. The highest BCUT2D eigenvalue weighted by molar-refractivity contribution is 5.43. The second-order valence-corrected chi connectivity index (χ2v) is 5.53. The molecule has 0 aliphatic heterocycles. The lowest BCUT2D eigenvalue weighted by molar-refractivity contribution is 0.191. The maximum Gasteiger partial charge on any atom is 0.126 e. The third-order valence-corrected chi connectivity index (χ3v) is 3.98. The predicted octanol–water partition coefficient (Wildman–Crippen LogP) is 2.73. The summed E-state index contributed by atoms with van der Waals surface area (Å²) in [6, 6.07) is 4.62. The summed E-state index contributed by atoms with van der Waals surface area (Å²) in [5.74, 6) is 0.912. The highest BCUT2D eigenvalue weighted by Crippen LogP contribution is 2.21. The predicted molar refractivity (Wildman–Crippen MR) is 81.3 cm³/mol. The molecule has 0 aromatic carbocycles. The van der Waals surface area contributed by atoms with Crippen LogP contribution < -0.4 is 11.1 Å². The number of pyridine rings is 1. The molecule has 106 valence electrons. The fraction of sp³-hybridized carbons (Fsp3) is 0.667. The number of hydrogen-bond acceptors (Lipinski definition) is 4. The van der Waals surface area contributed by atoms with Crippen LogP contribution in [0.2, 0.25) is 0 Å². The monoisotopic (exact) mass is 262 g/mol. The summed E-state index contributed by atoms with van der Waals surface area (Å²) in [5, 5.41) is 3.34. The van der Waals surface area contributed by atoms with Crippen molar-refractivity contribution in [2.75, 3.05) is 31.2 Å². The number of nitrogens with zero attached hydrogens (tertiary/aromatic N) is 2. The molecule has 1 fully saturated rings. The summed E-state index contributed by atoms with van der Waals surface area (Å²) >= 11 is 0. The number of nitrogens with one attached hydrogen (secondary N) is 1. The van der Waals surface area contributed by atoms with E-state index in [1.165, 1.54) is 32.1 Å². The first-order chi connectivity index (χ1) is 9.25. The van der Waals surface area contributed by atoms with Gasteiger partial charge in [-0.2, -0.15) is 0 Å². The molecule has 1 aromatic heterocycles.